The van der Waals surface area contributed by atoms with Crippen molar-refractivity contribution in [3.05, 3.63) is 66.1 Å². The van der Waals surface area contributed by atoms with E-state index >= 15 is 0 Å². The van der Waals surface area contributed by atoms with Crippen molar-refractivity contribution in [1.82, 2.24) is 15.0 Å². The predicted molar refractivity (Wildman–Crippen MR) is 72.1 cm³/mol. The molecule has 1 aromatic heterocycles. The molecule has 5 heteroatoms. The van der Waals surface area contributed by atoms with Crippen molar-refractivity contribution in [2.75, 3.05) is 0 Å². The maximum absolute atomic E-state index is 13.7. The first-order valence-electron chi connectivity index (χ1n) is 6.01. The third kappa shape index (κ3) is 2.21. The van der Waals surface area contributed by atoms with Crippen LogP contribution in [-0.4, -0.2) is 21.3 Å². The van der Waals surface area contributed by atoms with Gasteiger partial charge in [0, 0.05) is 11.1 Å². The third-order valence-corrected chi connectivity index (χ3v) is 2.94. The van der Waals surface area contributed by atoms with Crippen LogP contribution in [0.15, 0.2) is 54.7 Å². The van der Waals surface area contributed by atoms with Crippen molar-refractivity contribution >= 4 is 6.29 Å². The molecule has 0 amide bonds. The molecule has 0 aliphatic rings. The number of aromatic nitrogens is 3. The highest BCUT2D eigenvalue weighted by atomic mass is 19.1. The average molecular weight is 267 g/mol. The van der Waals surface area contributed by atoms with Crippen LogP contribution in [0.3, 0.4) is 0 Å². The number of carbonyl (C=O) groups excluding carboxylic acids is 1. The second-order valence-corrected chi connectivity index (χ2v) is 4.24. The Labute approximate surface area is 114 Å². The van der Waals surface area contributed by atoms with E-state index in [1.54, 1.807) is 48.7 Å². The maximum Gasteiger partial charge on any atom is 0.150 e. The van der Waals surface area contributed by atoms with Gasteiger partial charge >= 0.3 is 0 Å². The van der Waals surface area contributed by atoms with Crippen molar-refractivity contribution in [3.63, 3.8) is 0 Å². The summed E-state index contributed by atoms with van der Waals surface area (Å²) in [5.74, 6) is -0.361. The molecule has 0 fully saturated rings. The second-order valence-electron chi connectivity index (χ2n) is 4.24. The van der Waals surface area contributed by atoms with E-state index in [0.29, 0.717) is 16.9 Å². The van der Waals surface area contributed by atoms with Crippen LogP contribution in [0.2, 0.25) is 0 Å². The number of nitrogens with zero attached hydrogens (tertiary/aromatic N) is 3. The molecule has 0 aliphatic heterocycles. The minimum atomic E-state index is -0.361. The summed E-state index contributed by atoms with van der Waals surface area (Å²) in [4.78, 5) is 10.6. The summed E-state index contributed by atoms with van der Waals surface area (Å²) in [7, 11) is 0. The minimum absolute atomic E-state index is 0.343. The zero-order chi connectivity index (χ0) is 13.9. The van der Waals surface area contributed by atoms with Gasteiger partial charge in [-0.3, -0.25) is 4.79 Å². The molecule has 4 nitrogen and oxygen atoms in total. The molecule has 0 atom stereocenters. The molecule has 98 valence electrons. The summed E-state index contributed by atoms with van der Waals surface area (Å²) in [6, 6.07) is 13.3. The van der Waals surface area contributed by atoms with E-state index in [1.165, 1.54) is 10.7 Å². The van der Waals surface area contributed by atoms with E-state index in [9.17, 15) is 9.18 Å². The average Bonchev–Trinajstić information content (AvgIpc) is 2.97. The monoisotopic (exact) mass is 267 g/mol. The lowest BCUT2D eigenvalue weighted by Gasteiger charge is -2.00. The van der Waals surface area contributed by atoms with Crippen LogP contribution in [0.5, 0.6) is 0 Å². The minimum Gasteiger partial charge on any atom is -0.298 e. The van der Waals surface area contributed by atoms with E-state index in [1.807, 2.05) is 0 Å². The van der Waals surface area contributed by atoms with Gasteiger partial charge in [-0.15, -0.1) is 5.10 Å². The van der Waals surface area contributed by atoms with Gasteiger partial charge in [-0.25, -0.2) is 9.07 Å². The lowest BCUT2D eigenvalue weighted by Crippen LogP contribution is -1.97. The Kier molecular flexibility index (Phi) is 3.09. The fraction of sp³-hybridized carbons (Fsp3) is 0. The second kappa shape index (κ2) is 5.05. The van der Waals surface area contributed by atoms with E-state index in [2.05, 4.69) is 10.3 Å². The molecule has 0 radical (unpaired) electrons. The first-order valence-corrected chi connectivity index (χ1v) is 6.01. The number of aldehydes is 1. The Hall–Kier alpha value is -2.82. The number of rotatable bonds is 3. The Morgan fingerprint density at radius 1 is 1.05 bits per heavy atom. The zero-order valence-corrected chi connectivity index (χ0v) is 10.4. The normalized spacial score (nSPS) is 10.4. The molecule has 0 spiro atoms. The Morgan fingerprint density at radius 3 is 2.50 bits per heavy atom. The largest absolute Gasteiger partial charge is 0.298 e. The number of hydrogen-bond donors (Lipinski definition) is 0. The van der Waals surface area contributed by atoms with Gasteiger partial charge in [0.2, 0.25) is 0 Å². The number of para-hydroxylation sites is 1. The highest BCUT2D eigenvalue weighted by molar-refractivity contribution is 5.76. The van der Waals surface area contributed by atoms with Crippen LogP contribution >= 0.6 is 0 Å². The molecule has 0 N–H and O–H groups in total. The molecule has 20 heavy (non-hydrogen) atoms. The van der Waals surface area contributed by atoms with Gasteiger partial charge in [0.1, 0.15) is 23.5 Å². The molecular formula is C15H10FN3O. The fourth-order valence-electron chi connectivity index (χ4n) is 1.88. The molecule has 2 aromatic carbocycles. The zero-order valence-electron chi connectivity index (χ0n) is 10.4. The molecule has 0 bridgehead atoms. The molecule has 0 aliphatic carbocycles. The molecule has 0 saturated heterocycles. The Balaban J connectivity index is 1.97. The van der Waals surface area contributed by atoms with E-state index in [0.717, 1.165) is 11.8 Å². The van der Waals surface area contributed by atoms with Gasteiger partial charge in [-0.1, -0.05) is 41.6 Å². The van der Waals surface area contributed by atoms with Gasteiger partial charge in [-0.2, -0.15) is 0 Å². The highest BCUT2D eigenvalue weighted by Gasteiger charge is 2.08. The Bertz CT molecular complexity index is 750. The molecule has 3 rings (SSSR count). The molecule has 0 saturated carbocycles. The standard InChI is InChI=1S/C15H10FN3O/c16-13-3-1-2-4-15(13)19-9-14(17-18-19)12-7-5-11(10-20)6-8-12/h1-10H. The van der Waals surface area contributed by atoms with Crippen molar-refractivity contribution < 1.29 is 9.18 Å². The van der Waals surface area contributed by atoms with Gasteiger partial charge in [0.25, 0.3) is 0 Å². The van der Waals surface area contributed by atoms with Gasteiger partial charge in [0.05, 0.1) is 6.20 Å². The molecule has 3 aromatic rings. The highest BCUT2D eigenvalue weighted by Crippen LogP contribution is 2.19. The predicted octanol–water partition coefficient (Wildman–Crippen LogP) is 2.89. The molecule has 0 unspecified atom stereocenters. The topological polar surface area (TPSA) is 47.8 Å². The lowest BCUT2D eigenvalue weighted by molar-refractivity contribution is 0.112. The van der Waals surface area contributed by atoms with Crippen molar-refractivity contribution in [2.45, 2.75) is 0 Å². The fourth-order valence-corrected chi connectivity index (χ4v) is 1.88. The quantitative estimate of drug-likeness (QED) is 0.685. The summed E-state index contributed by atoms with van der Waals surface area (Å²) >= 11 is 0. The summed E-state index contributed by atoms with van der Waals surface area (Å²) in [5, 5.41) is 7.94. The molecule has 1 heterocycles. The van der Waals surface area contributed by atoms with E-state index in [-0.39, 0.29) is 5.82 Å². The number of hydrogen-bond acceptors (Lipinski definition) is 3. The number of halogens is 1. The SMILES string of the molecule is O=Cc1ccc(-c2cn(-c3ccccc3F)nn2)cc1. The van der Waals surface area contributed by atoms with Crippen LogP contribution in [0, 0.1) is 5.82 Å². The number of carbonyl (C=O) groups is 1. The van der Waals surface area contributed by atoms with Crippen molar-refractivity contribution in [3.8, 4) is 16.9 Å². The maximum atomic E-state index is 13.7. The summed E-state index contributed by atoms with van der Waals surface area (Å²) in [6.45, 7) is 0. The van der Waals surface area contributed by atoms with Gasteiger partial charge in [0.15, 0.2) is 0 Å². The van der Waals surface area contributed by atoms with Crippen LogP contribution < -0.4 is 0 Å². The summed E-state index contributed by atoms with van der Waals surface area (Å²) < 4.78 is 15.0. The van der Waals surface area contributed by atoms with Crippen molar-refractivity contribution in [2.24, 2.45) is 0 Å². The third-order valence-electron chi connectivity index (χ3n) is 2.94. The smallest absolute Gasteiger partial charge is 0.150 e. The molecular weight excluding hydrogens is 257 g/mol. The van der Waals surface area contributed by atoms with Crippen LogP contribution in [0.4, 0.5) is 4.39 Å². The van der Waals surface area contributed by atoms with Crippen LogP contribution in [0.1, 0.15) is 10.4 Å². The van der Waals surface area contributed by atoms with Crippen LogP contribution in [-0.2, 0) is 0 Å². The van der Waals surface area contributed by atoms with Gasteiger partial charge in [-0.05, 0) is 12.1 Å². The first-order chi connectivity index (χ1) is 9.78. The lowest BCUT2D eigenvalue weighted by atomic mass is 10.1. The Morgan fingerprint density at radius 2 is 1.80 bits per heavy atom. The summed E-state index contributed by atoms with van der Waals surface area (Å²) in [5.41, 5.74) is 2.37. The van der Waals surface area contributed by atoms with Crippen LogP contribution in [0.25, 0.3) is 16.9 Å². The number of benzene rings is 2. The van der Waals surface area contributed by atoms with Gasteiger partial charge < -0.3 is 0 Å². The van der Waals surface area contributed by atoms with E-state index in [4.69, 9.17) is 0 Å². The van der Waals surface area contributed by atoms with Crippen molar-refractivity contribution in [1.29, 1.82) is 0 Å². The first kappa shape index (κ1) is 12.2. The van der Waals surface area contributed by atoms with E-state index < -0.39 is 0 Å². The summed E-state index contributed by atoms with van der Waals surface area (Å²) in [6.07, 6.45) is 2.42.